The number of hydrogen-bond donors (Lipinski definition) is 0. The van der Waals surface area contributed by atoms with Gasteiger partial charge in [-0.25, -0.2) is 9.97 Å². The second kappa shape index (κ2) is 4.30. The van der Waals surface area contributed by atoms with Crippen molar-refractivity contribution in [2.75, 3.05) is 31.1 Å². The third-order valence-electron chi connectivity index (χ3n) is 3.63. The second-order valence-corrected chi connectivity index (χ2v) is 4.63. The number of rotatable bonds is 1. The number of piperazine rings is 1. The molecule has 5 nitrogen and oxygen atoms in total. The van der Waals surface area contributed by atoms with Gasteiger partial charge < -0.3 is 4.90 Å². The van der Waals surface area contributed by atoms with Crippen LogP contribution in [0.3, 0.4) is 0 Å². The normalized spacial score (nSPS) is 24.4. The van der Waals surface area contributed by atoms with Gasteiger partial charge in [0.25, 0.3) is 0 Å². The van der Waals surface area contributed by atoms with Gasteiger partial charge in [0.05, 0.1) is 0 Å². The molecule has 0 spiro atoms. The summed E-state index contributed by atoms with van der Waals surface area (Å²) in [5, 5.41) is 8.84. The van der Waals surface area contributed by atoms with Gasteiger partial charge in [0.2, 0.25) is 5.95 Å². The van der Waals surface area contributed by atoms with Crippen molar-refractivity contribution in [1.29, 1.82) is 5.26 Å². The van der Waals surface area contributed by atoms with E-state index < -0.39 is 0 Å². The average molecular weight is 229 g/mol. The minimum atomic E-state index is 0.448. The van der Waals surface area contributed by atoms with Crippen LogP contribution in [0.15, 0.2) is 12.3 Å². The fourth-order valence-corrected chi connectivity index (χ4v) is 2.74. The van der Waals surface area contributed by atoms with Crippen LogP contribution in [0.4, 0.5) is 5.95 Å². The van der Waals surface area contributed by atoms with Crippen LogP contribution in [-0.2, 0) is 0 Å². The van der Waals surface area contributed by atoms with Crippen molar-refractivity contribution in [2.24, 2.45) is 0 Å². The van der Waals surface area contributed by atoms with Crippen LogP contribution in [0, 0.1) is 11.3 Å². The summed E-state index contributed by atoms with van der Waals surface area (Å²) >= 11 is 0. The molecule has 88 valence electrons. The van der Waals surface area contributed by atoms with Crippen LogP contribution in [-0.4, -0.2) is 47.1 Å². The van der Waals surface area contributed by atoms with Crippen LogP contribution in [0.5, 0.6) is 0 Å². The van der Waals surface area contributed by atoms with E-state index in [1.807, 2.05) is 0 Å². The summed E-state index contributed by atoms with van der Waals surface area (Å²) in [5.41, 5.74) is 0.448. The Hall–Kier alpha value is -1.67. The molecule has 1 aromatic heterocycles. The van der Waals surface area contributed by atoms with E-state index in [2.05, 4.69) is 25.8 Å². The third-order valence-corrected chi connectivity index (χ3v) is 3.63. The zero-order chi connectivity index (χ0) is 11.7. The Kier molecular flexibility index (Phi) is 2.65. The molecule has 0 radical (unpaired) electrons. The maximum absolute atomic E-state index is 8.84. The average Bonchev–Trinajstić information content (AvgIpc) is 2.86. The first kappa shape index (κ1) is 10.5. The van der Waals surface area contributed by atoms with Crippen LogP contribution >= 0.6 is 0 Å². The van der Waals surface area contributed by atoms with Crippen molar-refractivity contribution >= 4 is 5.95 Å². The van der Waals surface area contributed by atoms with E-state index in [0.717, 1.165) is 19.6 Å². The lowest BCUT2D eigenvalue weighted by Gasteiger charge is -2.37. The first-order valence-corrected chi connectivity index (χ1v) is 6.09. The van der Waals surface area contributed by atoms with Crippen LogP contribution in [0.1, 0.15) is 18.5 Å². The molecule has 1 atom stereocenters. The molecule has 0 amide bonds. The van der Waals surface area contributed by atoms with E-state index in [-0.39, 0.29) is 0 Å². The molecule has 1 aromatic rings. The zero-order valence-electron chi connectivity index (χ0n) is 9.71. The summed E-state index contributed by atoms with van der Waals surface area (Å²) in [6.07, 6.45) is 4.24. The Labute approximate surface area is 101 Å². The highest BCUT2D eigenvalue weighted by molar-refractivity contribution is 5.34. The first-order valence-electron chi connectivity index (χ1n) is 6.09. The minimum absolute atomic E-state index is 0.448. The molecule has 0 aliphatic carbocycles. The Morgan fingerprint density at radius 2 is 2.29 bits per heavy atom. The maximum Gasteiger partial charge on any atom is 0.226 e. The summed E-state index contributed by atoms with van der Waals surface area (Å²) in [5.74, 6) is 0.704. The van der Waals surface area contributed by atoms with Gasteiger partial charge in [-0.05, 0) is 25.5 Å². The fraction of sp³-hybridized carbons (Fsp3) is 0.583. The van der Waals surface area contributed by atoms with Crippen molar-refractivity contribution in [3.8, 4) is 6.07 Å². The van der Waals surface area contributed by atoms with Gasteiger partial charge in [-0.15, -0.1) is 0 Å². The van der Waals surface area contributed by atoms with Gasteiger partial charge in [0, 0.05) is 31.9 Å². The second-order valence-electron chi connectivity index (χ2n) is 4.63. The van der Waals surface area contributed by atoms with E-state index in [1.54, 1.807) is 12.3 Å². The SMILES string of the molecule is N#Cc1ccnc(N2CCN3CCCC3C2)n1. The Morgan fingerprint density at radius 3 is 3.18 bits per heavy atom. The molecule has 5 heteroatoms. The van der Waals surface area contributed by atoms with E-state index in [9.17, 15) is 0 Å². The highest BCUT2D eigenvalue weighted by Gasteiger charge is 2.31. The molecule has 17 heavy (non-hydrogen) atoms. The standard InChI is InChI=1S/C12H15N5/c13-8-10-3-4-14-12(15-10)17-7-6-16-5-1-2-11(16)9-17/h3-4,11H,1-2,5-7,9H2. The predicted molar refractivity (Wildman–Crippen MR) is 63.6 cm³/mol. The quantitative estimate of drug-likeness (QED) is 0.707. The van der Waals surface area contributed by atoms with Crippen molar-refractivity contribution < 1.29 is 0 Å². The molecule has 3 heterocycles. The number of anilines is 1. The number of nitrogens with zero attached hydrogens (tertiary/aromatic N) is 5. The number of aromatic nitrogens is 2. The molecular weight excluding hydrogens is 214 g/mol. The van der Waals surface area contributed by atoms with Gasteiger partial charge in [-0.2, -0.15) is 5.26 Å². The lowest BCUT2D eigenvalue weighted by atomic mass is 10.2. The number of nitriles is 1. The van der Waals surface area contributed by atoms with Gasteiger partial charge in [-0.1, -0.05) is 0 Å². The molecular formula is C12H15N5. The summed E-state index contributed by atoms with van der Waals surface area (Å²) in [4.78, 5) is 13.3. The van der Waals surface area contributed by atoms with Crippen LogP contribution in [0.25, 0.3) is 0 Å². The van der Waals surface area contributed by atoms with Crippen LogP contribution < -0.4 is 4.90 Å². The topological polar surface area (TPSA) is 56.1 Å². The molecule has 0 saturated carbocycles. The summed E-state index contributed by atoms with van der Waals surface area (Å²) in [6.45, 7) is 4.28. The van der Waals surface area contributed by atoms with Gasteiger partial charge in [0.1, 0.15) is 11.8 Å². The van der Waals surface area contributed by atoms with E-state index in [1.165, 1.54) is 19.4 Å². The molecule has 3 rings (SSSR count). The Morgan fingerprint density at radius 1 is 1.35 bits per heavy atom. The summed E-state index contributed by atoms with van der Waals surface area (Å²) < 4.78 is 0. The number of fused-ring (bicyclic) bond motifs is 1. The third kappa shape index (κ3) is 1.96. The van der Waals surface area contributed by atoms with E-state index >= 15 is 0 Å². The van der Waals surface area contributed by atoms with E-state index in [4.69, 9.17) is 5.26 Å². The van der Waals surface area contributed by atoms with Gasteiger partial charge >= 0.3 is 0 Å². The first-order chi connectivity index (χ1) is 8.36. The largest absolute Gasteiger partial charge is 0.338 e. The van der Waals surface area contributed by atoms with Crippen molar-refractivity contribution in [3.63, 3.8) is 0 Å². The monoisotopic (exact) mass is 229 g/mol. The van der Waals surface area contributed by atoms with E-state index in [0.29, 0.717) is 17.7 Å². The minimum Gasteiger partial charge on any atom is -0.338 e. The van der Waals surface area contributed by atoms with Crippen molar-refractivity contribution in [2.45, 2.75) is 18.9 Å². The van der Waals surface area contributed by atoms with Gasteiger partial charge in [-0.3, -0.25) is 4.90 Å². The molecule has 2 aliphatic rings. The Balaban J connectivity index is 1.78. The molecule has 2 saturated heterocycles. The lowest BCUT2D eigenvalue weighted by Crippen LogP contribution is -2.50. The molecule has 0 N–H and O–H groups in total. The zero-order valence-corrected chi connectivity index (χ0v) is 9.71. The number of hydrogen-bond acceptors (Lipinski definition) is 5. The molecule has 0 bridgehead atoms. The molecule has 2 fully saturated rings. The van der Waals surface area contributed by atoms with Crippen molar-refractivity contribution in [1.82, 2.24) is 14.9 Å². The predicted octanol–water partition coefficient (Wildman–Crippen LogP) is 0.633. The molecule has 1 unspecified atom stereocenters. The summed E-state index contributed by atoms with van der Waals surface area (Å²) in [6, 6.07) is 4.36. The van der Waals surface area contributed by atoms with Gasteiger partial charge in [0.15, 0.2) is 0 Å². The fourth-order valence-electron chi connectivity index (χ4n) is 2.74. The van der Waals surface area contributed by atoms with Crippen LogP contribution in [0.2, 0.25) is 0 Å². The summed E-state index contributed by atoms with van der Waals surface area (Å²) in [7, 11) is 0. The lowest BCUT2D eigenvalue weighted by molar-refractivity contribution is 0.229. The smallest absolute Gasteiger partial charge is 0.226 e. The molecule has 0 aromatic carbocycles. The highest BCUT2D eigenvalue weighted by atomic mass is 15.3. The molecule has 2 aliphatic heterocycles. The van der Waals surface area contributed by atoms with Crippen molar-refractivity contribution in [3.05, 3.63) is 18.0 Å². The highest BCUT2D eigenvalue weighted by Crippen LogP contribution is 2.23. The Bertz CT molecular complexity index is 452. The maximum atomic E-state index is 8.84.